The largest absolute Gasteiger partial charge is 0.465 e. The molecule has 3 rings (SSSR count). The molecule has 0 bridgehead atoms. The topological polar surface area (TPSA) is 154 Å². The average Bonchev–Trinajstić information content (AvgIpc) is 3.33. The molecule has 12 nitrogen and oxygen atoms in total. The van der Waals surface area contributed by atoms with E-state index in [1.165, 1.54) is 41.2 Å². The Kier molecular flexibility index (Phi) is 10.4. The number of aromatic amines is 1. The van der Waals surface area contributed by atoms with Crippen molar-refractivity contribution in [2.24, 2.45) is 5.92 Å². The van der Waals surface area contributed by atoms with Crippen molar-refractivity contribution in [3.05, 3.63) is 64.6 Å². The number of rotatable bonds is 12. The number of carbonyl (C=O) groups excluding carboxylic acids is 2. The molecule has 3 N–H and O–H groups in total. The molecule has 0 aromatic carbocycles. The predicted octanol–water partition coefficient (Wildman–Crippen LogP) is 3.25. The van der Waals surface area contributed by atoms with Gasteiger partial charge in [0.15, 0.2) is 0 Å². The molecule has 0 spiro atoms. The Morgan fingerprint density at radius 3 is 2.62 bits per heavy atom. The summed E-state index contributed by atoms with van der Waals surface area (Å²) in [5, 5.41) is 11.9. The summed E-state index contributed by atoms with van der Waals surface area (Å²) >= 11 is 0. The molecule has 0 saturated heterocycles. The lowest BCUT2D eigenvalue weighted by Gasteiger charge is -2.21. The van der Waals surface area contributed by atoms with Crippen LogP contribution in [0.3, 0.4) is 0 Å². The molecule has 0 fully saturated rings. The maximum absolute atomic E-state index is 13.2. The summed E-state index contributed by atoms with van der Waals surface area (Å²) < 4.78 is 39.5. The quantitative estimate of drug-likeness (QED) is 0.273. The number of pyridine rings is 1. The average molecular weight is 592 g/mol. The van der Waals surface area contributed by atoms with Gasteiger partial charge in [-0.2, -0.15) is 13.2 Å². The van der Waals surface area contributed by atoms with Gasteiger partial charge in [-0.15, -0.1) is 0 Å². The van der Waals surface area contributed by atoms with Gasteiger partial charge in [-0.3, -0.25) is 14.4 Å². The molecule has 226 valence electrons. The fourth-order valence-electron chi connectivity index (χ4n) is 4.10. The van der Waals surface area contributed by atoms with E-state index in [4.69, 9.17) is 0 Å². The van der Waals surface area contributed by atoms with Crippen LogP contribution in [0, 0.1) is 5.92 Å². The number of nitrogens with one attached hydrogen (secondary N) is 2. The van der Waals surface area contributed by atoms with E-state index in [0.717, 1.165) is 4.90 Å². The number of nitrogens with zero attached hydrogens (tertiary/aromatic N) is 5. The van der Waals surface area contributed by atoms with Crippen LogP contribution in [0.4, 0.5) is 23.7 Å². The zero-order valence-corrected chi connectivity index (χ0v) is 23.3. The highest BCUT2D eigenvalue weighted by Crippen LogP contribution is 2.24. The first-order chi connectivity index (χ1) is 19.7. The molecule has 0 unspecified atom stereocenters. The first kappa shape index (κ1) is 31.8. The molecular formula is C27H32F3N7O5. The molecule has 0 aliphatic rings. The highest BCUT2D eigenvalue weighted by molar-refractivity contribution is 5.92. The van der Waals surface area contributed by atoms with Crippen LogP contribution in [-0.2, 0) is 22.6 Å². The Bertz CT molecular complexity index is 1510. The van der Waals surface area contributed by atoms with Crippen molar-refractivity contribution in [1.82, 2.24) is 29.3 Å². The summed E-state index contributed by atoms with van der Waals surface area (Å²) in [6.45, 7) is -0.127. The number of anilines is 1. The van der Waals surface area contributed by atoms with Crippen LogP contribution in [0.15, 0.2) is 47.7 Å². The Labute approximate surface area is 238 Å². The van der Waals surface area contributed by atoms with Gasteiger partial charge in [0.25, 0.3) is 5.56 Å². The Morgan fingerprint density at radius 1 is 1.21 bits per heavy atom. The number of amides is 3. The van der Waals surface area contributed by atoms with Crippen molar-refractivity contribution in [1.29, 1.82) is 0 Å². The van der Waals surface area contributed by atoms with Gasteiger partial charge >= 0.3 is 12.3 Å². The first-order valence-electron chi connectivity index (χ1n) is 13.0. The summed E-state index contributed by atoms with van der Waals surface area (Å²) in [6, 6.07) is 4.57. The third-order valence-electron chi connectivity index (χ3n) is 6.39. The highest BCUT2D eigenvalue weighted by atomic mass is 19.4. The zero-order valence-electron chi connectivity index (χ0n) is 23.3. The maximum atomic E-state index is 13.2. The predicted molar refractivity (Wildman–Crippen MR) is 148 cm³/mol. The number of likely N-dealkylation sites (N-methyl/N-ethyl adjacent to an activating group) is 1. The number of carboxylic acid groups (broad SMARTS) is 1. The lowest BCUT2D eigenvalue weighted by molar-refractivity contribution is -0.134. The summed E-state index contributed by atoms with van der Waals surface area (Å²) in [5.74, 6) is -1.62. The van der Waals surface area contributed by atoms with E-state index in [2.05, 4.69) is 20.3 Å². The van der Waals surface area contributed by atoms with Gasteiger partial charge in [0.2, 0.25) is 11.8 Å². The molecule has 3 aromatic rings. The molecule has 0 radical (unpaired) electrons. The van der Waals surface area contributed by atoms with Crippen LogP contribution in [0.25, 0.3) is 11.0 Å². The molecule has 0 saturated carbocycles. The summed E-state index contributed by atoms with van der Waals surface area (Å²) in [4.78, 5) is 62.8. The number of allylic oxidation sites excluding steroid dienone is 1. The van der Waals surface area contributed by atoms with Gasteiger partial charge in [-0.25, -0.2) is 14.8 Å². The van der Waals surface area contributed by atoms with Gasteiger partial charge in [-0.1, -0.05) is 6.08 Å². The molecule has 3 amide bonds. The van der Waals surface area contributed by atoms with Gasteiger partial charge in [0.05, 0.1) is 29.2 Å². The van der Waals surface area contributed by atoms with Gasteiger partial charge in [0.1, 0.15) is 12.0 Å². The second-order valence-corrected chi connectivity index (χ2v) is 9.91. The number of halogens is 3. The molecule has 15 heteroatoms. The third kappa shape index (κ3) is 8.91. The number of aromatic nitrogens is 4. The van der Waals surface area contributed by atoms with Crippen LogP contribution in [0.1, 0.15) is 30.7 Å². The lowest BCUT2D eigenvalue weighted by atomic mass is 10.0. The molecule has 1 atom stereocenters. The molecular weight excluding hydrogens is 559 g/mol. The van der Waals surface area contributed by atoms with Crippen LogP contribution in [0.5, 0.6) is 0 Å². The van der Waals surface area contributed by atoms with Crippen molar-refractivity contribution in [2.75, 3.05) is 33.0 Å². The highest BCUT2D eigenvalue weighted by Gasteiger charge is 2.27. The molecule has 3 aromatic heterocycles. The van der Waals surface area contributed by atoms with Gasteiger partial charge in [0, 0.05) is 52.4 Å². The number of aryl methyl sites for hydroxylation is 1. The molecule has 42 heavy (non-hydrogen) atoms. The zero-order chi connectivity index (χ0) is 31.0. The Morgan fingerprint density at radius 2 is 1.95 bits per heavy atom. The van der Waals surface area contributed by atoms with Crippen molar-refractivity contribution in [3.8, 4) is 0 Å². The fraction of sp³-hybridized carbons (Fsp3) is 0.407. The van der Waals surface area contributed by atoms with Crippen LogP contribution >= 0.6 is 0 Å². The second-order valence-electron chi connectivity index (χ2n) is 9.91. The van der Waals surface area contributed by atoms with Crippen molar-refractivity contribution in [3.63, 3.8) is 0 Å². The van der Waals surface area contributed by atoms with Gasteiger partial charge in [-0.05, 0) is 37.1 Å². The third-order valence-corrected chi connectivity index (χ3v) is 6.39. The molecule has 0 aliphatic carbocycles. The van der Waals surface area contributed by atoms with Crippen molar-refractivity contribution >= 4 is 34.6 Å². The first-order valence-corrected chi connectivity index (χ1v) is 13.0. The van der Waals surface area contributed by atoms with Crippen LogP contribution in [0.2, 0.25) is 0 Å². The number of hydrogen-bond acceptors (Lipinski definition) is 6. The summed E-state index contributed by atoms with van der Waals surface area (Å²) in [6.07, 6.45) is -0.769. The van der Waals surface area contributed by atoms with E-state index in [1.54, 1.807) is 32.3 Å². The number of H-pyrrole nitrogens is 1. The van der Waals surface area contributed by atoms with Gasteiger partial charge < -0.3 is 29.8 Å². The number of carbonyl (C=O) groups is 3. The standard InChI is InChI=1S/C27H32F3N7O5/c1-35(2)22(38)9-5-4-7-17(14-36(3)26(41)42)24(39)34-20-8-6-12-37(25(20)40)15-18-13-21-23(33-18)19(31-16-32-21)10-11-27(28,29)30/h5-6,8-9,12-13,16-17,33H,4,7,10-11,14-15H2,1-3H3,(H,34,39)(H,41,42)/b9-5+/t17-/m0/s1. The Hall–Kier alpha value is -4.69. The second kappa shape index (κ2) is 13.8. The van der Waals surface area contributed by atoms with E-state index in [-0.39, 0.29) is 43.2 Å². The SMILES string of the molecule is CN(C)C(=O)/C=C/CC[C@@H](CN(C)C(=O)O)C(=O)Nc1cccn(Cc2cc3ncnc(CCC(F)(F)F)c3[nH]2)c1=O. The fourth-order valence-corrected chi connectivity index (χ4v) is 4.10. The van der Waals surface area contributed by atoms with E-state index in [0.29, 0.717) is 23.1 Å². The van der Waals surface area contributed by atoms with E-state index >= 15 is 0 Å². The monoisotopic (exact) mass is 591 g/mol. The van der Waals surface area contributed by atoms with E-state index < -0.39 is 36.1 Å². The normalized spacial score (nSPS) is 12.4. The number of fused-ring (bicyclic) bond motifs is 1. The number of alkyl halides is 3. The van der Waals surface area contributed by atoms with E-state index in [9.17, 15) is 37.5 Å². The number of hydrogen-bond donors (Lipinski definition) is 3. The maximum Gasteiger partial charge on any atom is 0.407 e. The smallest absolute Gasteiger partial charge is 0.407 e. The molecule has 3 heterocycles. The Balaban J connectivity index is 1.76. The minimum absolute atomic E-state index is 0.00743. The van der Waals surface area contributed by atoms with Crippen LogP contribution in [-0.4, -0.2) is 86.2 Å². The lowest BCUT2D eigenvalue weighted by Crippen LogP contribution is -2.37. The van der Waals surface area contributed by atoms with Crippen molar-refractivity contribution in [2.45, 2.75) is 38.4 Å². The minimum Gasteiger partial charge on any atom is -0.465 e. The summed E-state index contributed by atoms with van der Waals surface area (Å²) in [5.41, 5.74) is 0.863. The van der Waals surface area contributed by atoms with E-state index in [1.807, 2.05) is 0 Å². The minimum atomic E-state index is -4.34. The molecule has 0 aliphatic heterocycles. The van der Waals surface area contributed by atoms with Crippen molar-refractivity contribution < 1.29 is 32.7 Å². The van der Waals surface area contributed by atoms with Crippen LogP contribution < -0.4 is 10.9 Å². The summed E-state index contributed by atoms with van der Waals surface area (Å²) in [7, 11) is 4.52.